The van der Waals surface area contributed by atoms with Crippen LogP contribution in [0.15, 0.2) is 40.9 Å². The molecular weight excluding hydrogens is 220 g/mol. The van der Waals surface area contributed by atoms with Gasteiger partial charge in [0.25, 0.3) is 0 Å². The first-order chi connectivity index (χ1) is 7.81. The number of hydrogen-bond donors (Lipinski definition) is 0. The van der Waals surface area contributed by atoms with Gasteiger partial charge in [-0.1, -0.05) is 0 Å². The summed E-state index contributed by atoms with van der Waals surface area (Å²) in [4.78, 5) is 12.1. The Morgan fingerprint density at radius 2 is 2.12 bits per heavy atom. The van der Waals surface area contributed by atoms with Gasteiger partial charge in [-0.25, -0.2) is 15.0 Å². The third-order valence-corrected chi connectivity index (χ3v) is 2.95. The number of pyridine rings is 1. The summed E-state index contributed by atoms with van der Waals surface area (Å²) >= 11 is 1.37. The molecule has 2 heterocycles. The van der Waals surface area contributed by atoms with E-state index in [0.717, 1.165) is 10.6 Å². The fraction of sp³-hybridized carbons (Fsp3) is 0.0909. The second kappa shape index (κ2) is 4.73. The molecule has 0 bridgehead atoms. The van der Waals surface area contributed by atoms with Crippen LogP contribution in [0.3, 0.4) is 0 Å². The maximum absolute atomic E-state index is 9.04. The average molecular weight is 228 g/mol. The lowest BCUT2D eigenvalue weighted by Crippen LogP contribution is -1.91. The number of aryl methyl sites for hydroxylation is 1. The molecule has 4 nitrogen and oxygen atoms in total. The van der Waals surface area contributed by atoms with Crippen molar-refractivity contribution in [1.82, 2.24) is 15.0 Å². The van der Waals surface area contributed by atoms with Crippen molar-refractivity contribution in [2.24, 2.45) is 0 Å². The van der Waals surface area contributed by atoms with Crippen molar-refractivity contribution < 1.29 is 0 Å². The van der Waals surface area contributed by atoms with E-state index < -0.39 is 0 Å². The van der Waals surface area contributed by atoms with Crippen molar-refractivity contribution >= 4 is 11.8 Å². The Kier molecular flexibility index (Phi) is 3.13. The molecule has 78 valence electrons. The van der Waals surface area contributed by atoms with E-state index >= 15 is 0 Å². The summed E-state index contributed by atoms with van der Waals surface area (Å²) in [5.74, 6) is 0. The van der Waals surface area contributed by atoms with E-state index in [2.05, 4.69) is 21.0 Å². The van der Waals surface area contributed by atoms with Gasteiger partial charge in [0.2, 0.25) is 0 Å². The van der Waals surface area contributed by atoms with Crippen LogP contribution in [0.2, 0.25) is 0 Å². The molecule has 0 saturated heterocycles. The molecular formula is C11H8N4S. The monoisotopic (exact) mass is 228 g/mol. The van der Waals surface area contributed by atoms with Crippen molar-refractivity contribution in [3.8, 4) is 6.07 Å². The summed E-state index contributed by atoms with van der Waals surface area (Å²) < 4.78 is 0. The molecule has 16 heavy (non-hydrogen) atoms. The molecule has 2 aromatic rings. The molecule has 5 heteroatoms. The molecule has 2 aromatic heterocycles. The van der Waals surface area contributed by atoms with Gasteiger partial charge in [-0.05, 0) is 36.4 Å². The fourth-order valence-electron chi connectivity index (χ4n) is 1.18. The Morgan fingerprint density at radius 1 is 1.25 bits per heavy atom. The number of nitrogens with zero attached hydrogens (tertiary/aromatic N) is 4. The van der Waals surface area contributed by atoms with E-state index in [1.165, 1.54) is 18.1 Å². The molecule has 0 atom stereocenters. The Hall–Kier alpha value is -1.93. The maximum Gasteiger partial charge on any atom is 0.120 e. The fourth-order valence-corrected chi connectivity index (χ4v) is 2.03. The standard InChI is InChI=1S/C11H8N4S/c1-8-2-5-14-11(9(8)6-12)16-10-3-4-13-7-15-10/h2-5,7H,1H3. The van der Waals surface area contributed by atoms with Gasteiger partial charge in [0.15, 0.2) is 0 Å². The molecule has 0 aromatic carbocycles. The highest BCUT2D eigenvalue weighted by Crippen LogP contribution is 2.27. The highest BCUT2D eigenvalue weighted by Gasteiger charge is 2.08. The zero-order valence-corrected chi connectivity index (χ0v) is 9.40. The van der Waals surface area contributed by atoms with E-state index in [1.807, 2.05) is 13.0 Å². The minimum absolute atomic E-state index is 0.603. The quantitative estimate of drug-likeness (QED) is 0.737. The minimum atomic E-state index is 0.603. The first-order valence-corrected chi connectivity index (χ1v) is 5.42. The number of nitriles is 1. The lowest BCUT2D eigenvalue weighted by Gasteiger charge is -2.03. The second-order valence-corrected chi connectivity index (χ2v) is 4.08. The van der Waals surface area contributed by atoms with Crippen LogP contribution in [-0.2, 0) is 0 Å². The highest BCUT2D eigenvalue weighted by atomic mass is 32.2. The summed E-state index contributed by atoms with van der Waals surface area (Å²) in [6, 6.07) is 5.77. The Bertz CT molecular complexity index is 533. The highest BCUT2D eigenvalue weighted by molar-refractivity contribution is 7.99. The molecule has 0 aliphatic carbocycles. The van der Waals surface area contributed by atoms with Gasteiger partial charge in [-0.3, -0.25) is 0 Å². The number of rotatable bonds is 2. The average Bonchev–Trinajstić information content (AvgIpc) is 2.31. The predicted octanol–water partition coefficient (Wildman–Crippen LogP) is 2.20. The first kappa shape index (κ1) is 10.6. The molecule has 0 spiro atoms. The van der Waals surface area contributed by atoms with Gasteiger partial charge in [0.05, 0.1) is 5.56 Å². The molecule has 0 radical (unpaired) electrons. The first-order valence-electron chi connectivity index (χ1n) is 4.61. The summed E-state index contributed by atoms with van der Waals surface area (Å²) in [5.41, 5.74) is 1.53. The van der Waals surface area contributed by atoms with Crippen LogP contribution >= 0.6 is 11.8 Å². The van der Waals surface area contributed by atoms with Gasteiger partial charge in [-0.2, -0.15) is 5.26 Å². The third-order valence-electron chi connectivity index (χ3n) is 1.99. The summed E-state index contributed by atoms with van der Waals surface area (Å²) in [5, 5.41) is 10.5. The molecule has 0 unspecified atom stereocenters. The van der Waals surface area contributed by atoms with E-state index in [9.17, 15) is 0 Å². The molecule has 0 aliphatic rings. The SMILES string of the molecule is Cc1ccnc(Sc2ccncn2)c1C#N. The van der Waals surface area contributed by atoms with Crippen LogP contribution in [-0.4, -0.2) is 15.0 Å². The maximum atomic E-state index is 9.04. The molecule has 0 amide bonds. The smallest absolute Gasteiger partial charge is 0.120 e. The molecule has 2 rings (SSSR count). The van der Waals surface area contributed by atoms with Crippen LogP contribution in [0.5, 0.6) is 0 Å². The summed E-state index contributed by atoms with van der Waals surface area (Å²) in [6.45, 7) is 1.89. The van der Waals surface area contributed by atoms with E-state index in [4.69, 9.17) is 5.26 Å². The zero-order valence-electron chi connectivity index (χ0n) is 8.58. The lowest BCUT2D eigenvalue weighted by atomic mass is 10.2. The largest absolute Gasteiger partial charge is 0.248 e. The van der Waals surface area contributed by atoms with Gasteiger partial charge >= 0.3 is 0 Å². The Balaban J connectivity index is 2.36. The summed E-state index contributed by atoms with van der Waals surface area (Å²) in [6.07, 6.45) is 4.83. The second-order valence-electron chi connectivity index (χ2n) is 3.07. The molecule has 0 N–H and O–H groups in total. The minimum Gasteiger partial charge on any atom is -0.248 e. The number of hydrogen-bond acceptors (Lipinski definition) is 5. The van der Waals surface area contributed by atoms with Gasteiger partial charge < -0.3 is 0 Å². The topological polar surface area (TPSA) is 62.5 Å². The lowest BCUT2D eigenvalue weighted by molar-refractivity contribution is 1.03. The van der Waals surface area contributed by atoms with Crippen molar-refractivity contribution in [3.63, 3.8) is 0 Å². The molecule has 0 saturated carbocycles. The van der Waals surface area contributed by atoms with Gasteiger partial charge in [0, 0.05) is 12.4 Å². The van der Waals surface area contributed by atoms with Crippen LogP contribution in [0.4, 0.5) is 0 Å². The van der Waals surface area contributed by atoms with Crippen molar-refractivity contribution in [3.05, 3.63) is 42.0 Å². The van der Waals surface area contributed by atoms with Crippen LogP contribution < -0.4 is 0 Å². The molecule has 0 fully saturated rings. The van der Waals surface area contributed by atoms with Crippen molar-refractivity contribution in [1.29, 1.82) is 5.26 Å². The number of aromatic nitrogens is 3. The van der Waals surface area contributed by atoms with Gasteiger partial charge in [0.1, 0.15) is 22.4 Å². The van der Waals surface area contributed by atoms with Crippen LogP contribution in [0.1, 0.15) is 11.1 Å². The third kappa shape index (κ3) is 2.18. The van der Waals surface area contributed by atoms with Crippen molar-refractivity contribution in [2.45, 2.75) is 17.0 Å². The van der Waals surface area contributed by atoms with Crippen LogP contribution in [0, 0.1) is 18.3 Å². The summed E-state index contributed by atoms with van der Waals surface area (Å²) in [7, 11) is 0. The van der Waals surface area contributed by atoms with Crippen LogP contribution in [0.25, 0.3) is 0 Å². The van der Waals surface area contributed by atoms with Crippen molar-refractivity contribution in [2.75, 3.05) is 0 Å². The normalized spacial score (nSPS) is 9.75. The zero-order chi connectivity index (χ0) is 11.4. The van der Waals surface area contributed by atoms with E-state index in [1.54, 1.807) is 18.5 Å². The van der Waals surface area contributed by atoms with E-state index in [0.29, 0.717) is 10.6 Å². The predicted molar refractivity (Wildman–Crippen MR) is 59.8 cm³/mol. The molecule has 0 aliphatic heterocycles. The van der Waals surface area contributed by atoms with Gasteiger partial charge in [-0.15, -0.1) is 0 Å². The van der Waals surface area contributed by atoms with E-state index in [-0.39, 0.29) is 0 Å². The Labute approximate surface area is 97.4 Å². The Morgan fingerprint density at radius 3 is 2.81 bits per heavy atom.